The molecule has 1 aromatic rings. The SMILES string of the molecule is COc1cc(C(F)(F)F)cnc1C(C)O. The number of hydrogen-bond donors (Lipinski definition) is 1. The Morgan fingerprint density at radius 2 is 2.07 bits per heavy atom. The third kappa shape index (κ3) is 2.59. The Kier molecular flexibility index (Phi) is 3.18. The van der Waals surface area contributed by atoms with Gasteiger partial charge in [-0.15, -0.1) is 0 Å². The monoisotopic (exact) mass is 221 g/mol. The maximum Gasteiger partial charge on any atom is 0.418 e. The lowest BCUT2D eigenvalue weighted by Gasteiger charge is -2.12. The molecule has 0 bridgehead atoms. The van der Waals surface area contributed by atoms with Crippen LogP contribution in [-0.4, -0.2) is 17.2 Å². The highest BCUT2D eigenvalue weighted by atomic mass is 19.4. The minimum atomic E-state index is -4.46. The summed E-state index contributed by atoms with van der Waals surface area (Å²) in [6.07, 6.45) is -4.76. The maximum atomic E-state index is 12.3. The van der Waals surface area contributed by atoms with Gasteiger partial charge in [0, 0.05) is 6.20 Å². The number of alkyl halides is 3. The summed E-state index contributed by atoms with van der Waals surface area (Å²) < 4.78 is 41.6. The van der Waals surface area contributed by atoms with Gasteiger partial charge in [-0.05, 0) is 13.0 Å². The molecule has 84 valence electrons. The van der Waals surface area contributed by atoms with Gasteiger partial charge in [-0.25, -0.2) is 0 Å². The van der Waals surface area contributed by atoms with E-state index in [1.807, 2.05) is 0 Å². The zero-order chi connectivity index (χ0) is 11.6. The van der Waals surface area contributed by atoms with E-state index >= 15 is 0 Å². The van der Waals surface area contributed by atoms with Crippen molar-refractivity contribution in [2.24, 2.45) is 0 Å². The Hall–Kier alpha value is -1.30. The summed E-state index contributed by atoms with van der Waals surface area (Å²) in [5, 5.41) is 9.21. The second-order valence-corrected chi connectivity index (χ2v) is 2.99. The molecule has 0 aliphatic carbocycles. The number of methoxy groups -OCH3 is 1. The van der Waals surface area contributed by atoms with E-state index in [9.17, 15) is 18.3 Å². The molecule has 0 aromatic carbocycles. The number of nitrogens with zero attached hydrogens (tertiary/aromatic N) is 1. The van der Waals surface area contributed by atoms with Crippen molar-refractivity contribution in [1.29, 1.82) is 0 Å². The van der Waals surface area contributed by atoms with E-state index in [0.29, 0.717) is 6.20 Å². The van der Waals surface area contributed by atoms with Crippen LogP contribution >= 0.6 is 0 Å². The van der Waals surface area contributed by atoms with Crippen molar-refractivity contribution in [1.82, 2.24) is 4.98 Å². The molecule has 3 nitrogen and oxygen atoms in total. The first-order valence-electron chi connectivity index (χ1n) is 4.15. The molecule has 0 fully saturated rings. The Bertz CT molecular complexity index is 350. The van der Waals surface area contributed by atoms with Crippen molar-refractivity contribution in [2.45, 2.75) is 19.2 Å². The summed E-state index contributed by atoms with van der Waals surface area (Å²) in [7, 11) is 1.23. The first kappa shape index (κ1) is 11.8. The summed E-state index contributed by atoms with van der Waals surface area (Å²) in [5.41, 5.74) is -0.811. The molecular formula is C9H10F3NO2. The maximum absolute atomic E-state index is 12.3. The smallest absolute Gasteiger partial charge is 0.418 e. The van der Waals surface area contributed by atoms with E-state index in [2.05, 4.69) is 4.98 Å². The van der Waals surface area contributed by atoms with Crippen LogP contribution in [0.2, 0.25) is 0 Å². The van der Waals surface area contributed by atoms with Crippen molar-refractivity contribution < 1.29 is 23.0 Å². The third-order valence-corrected chi connectivity index (χ3v) is 1.82. The standard InChI is InChI=1S/C9H10F3NO2/c1-5(14)8-7(15-2)3-6(4-13-8)9(10,11)12/h3-5,14H,1-2H3. The van der Waals surface area contributed by atoms with Crippen LogP contribution in [0.4, 0.5) is 13.2 Å². The molecule has 0 amide bonds. The van der Waals surface area contributed by atoms with Crippen LogP contribution in [0.5, 0.6) is 5.75 Å². The van der Waals surface area contributed by atoms with E-state index in [4.69, 9.17) is 4.74 Å². The van der Waals surface area contributed by atoms with Crippen molar-refractivity contribution in [3.63, 3.8) is 0 Å². The molecule has 1 heterocycles. The molecule has 0 radical (unpaired) electrons. The summed E-state index contributed by atoms with van der Waals surface area (Å²) >= 11 is 0. The number of aliphatic hydroxyl groups excluding tert-OH is 1. The Morgan fingerprint density at radius 1 is 1.47 bits per heavy atom. The molecule has 0 saturated carbocycles. The summed E-state index contributed by atoms with van der Waals surface area (Å²) in [6, 6.07) is 0.815. The molecule has 1 unspecified atom stereocenters. The van der Waals surface area contributed by atoms with Crippen LogP contribution in [0.1, 0.15) is 24.3 Å². The number of aromatic nitrogens is 1. The average Bonchev–Trinajstić information content (AvgIpc) is 2.15. The predicted molar refractivity (Wildman–Crippen MR) is 46.4 cm³/mol. The van der Waals surface area contributed by atoms with Crippen LogP contribution < -0.4 is 4.74 Å². The van der Waals surface area contributed by atoms with Gasteiger partial charge >= 0.3 is 6.18 Å². The molecule has 1 aromatic heterocycles. The van der Waals surface area contributed by atoms with Gasteiger partial charge in [-0.3, -0.25) is 4.98 Å². The Labute approximate surface area is 84.5 Å². The fourth-order valence-corrected chi connectivity index (χ4v) is 1.09. The highest BCUT2D eigenvalue weighted by molar-refractivity contribution is 5.33. The number of ether oxygens (including phenoxy) is 1. The van der Waals surface area contributed by atoms with Gasteiger partial charge in [0.1, 0.15) is 11.4 Å². The van der Waals surface area contributed by atoms with E-state index in [1.54, 1.807) is 0 Å². The molecule has 6 heteroatoms. The zero-order valence-electron chi connectivity index (χ0n) is 8.17. The van der Waals surface area contributed by atoms with Crippen LogP contribution in [0, 0.1) is 0 Å². The highest BCUT2D eigenvalue weighted by Crippen LogP contribution is 2.33. The van der Waals surface area contributed by atoms with Crippen molar-refractivity contribution in [3.05, 3.63) is 23.5 Å². The minimum absolute atomic E-state index is 0.0696. The van der Waals surface area contributed by atoms with E-state index < -0.39 is 17.8 Å². The second-order valence-electron chi connectivity index (χ2n) is 2.99. The number of pyridine rings is 1. The molecule has 0 aliphatic heterocycles. The van der Waals surface area contributed by atoms with Gasteiger partial charge in [0.2, 0.25) is 0 Å². The van der Waals surface area contributed by atoms with Crippen LogP contribution in [0.15, 0.2) is 12.3 Å². The number of rotatable bonds is 2. The average molecular weight is 221 g/mol. The molecule has 0 saturated heterocycles. The first-order chi connectivity index (χ1) is 6.86. The van der Waals surface area contributed by atoms with Crippen LogP contribution in [0.25, 0.3) is 0 Å². The zero-order valence-corrected chi connectivity index (χ0v) is 8.17. The van der Waals surface area contributed by atoms with Crippen molar-refractivity contribution in [3.8, 4) is 5.75 Å². The normalized spacial score (nSPS) is 13.7. The van der Waals surface area contributed by atoms with Crippen LogP contribution in [0.3, 0.4) is 0 Å². The number of aliphatic hydroxyl groups is 1. The largest absolute Gasteiger partial charge is 0.495 e. The molecule has 1 atom stereocenters. The lowest BCUT2D eigenvalue weighted by Crippen LogP contribution is -2.08. The fourth-order valence-electron chi connectivity index (χ4n) is 1.09. The molecule has 1 N–H and O–H groups in total. The summed E-state index contributed by atoms with van der Waals surface area (Å²) in [5.74, 6) is -0.0696. The van der Waals surface area contributed by atoms with Gasteiger partial charge in [-0.1, -0.05) is 0 Å². The summed E-state index contributed by atoms with van der Waals surface area (Å²) in [6.45, 7) is 1.40. The quantitative estimate of drug-likeness (QED) is 0.832. The second kappa shape index (κ2) is 4.06. The van der Waals surface area contributed by atoms with Gasteiger partial charge in [0.15, 0.2) is 0 Å². The summed E-state index contributed by atoms with van der Waals surface area (Å²) in [4.78, 5) is 3.52. The van der Waals surface area contributed by atoms with Crippen molar-refractivity contribution in [2.75, 3.05) is 7.11 Å². The lowest BCUT2D eigenvalue weighted by molar-refractivity contribution is -0.138. The van der Waals surface area contributed by atoms with Gasteiger partial charge in [0.25, 0.3) is 0 Å². The number of hydrogen-bond acceptors (Lipinski definition) is 3. The highest BCUT2D eigenvalue weighted by Gasteiger charge is 2.32. The van der Waals surface area contributed by atoms with Gasteiger partial charge < -0.3 is 9.84 Å². The molecule has 1 rings (SSSR count). The van der Waals surface area contributed by atoms with Gasteiger partial charge in [-0.2, -0.15) is 13.2 Å². The van der Waals surface area contributed by atoms with Crippen molar-refractivity contribution >= 4 is 0 Å². The lowest BCUT2D eigenvalue weighted by atomic mass is 10.2. The molecule has 0 aliphatic rings. The first-order valence-corrected chi connectivity index (χ1v) is 4.15. The van der Waals surface area contributed by atoms with Crippen LogP contribution in [-0.2, 0) is 6.18 Å². The Balaban J connectivity index is 3.19. The minimum Gasteiger partial charge on any atom is -0.495 e. The molecule has 15 heavy (non-hydrogen) atoms. The third-order valence-electron chi connectivity index (χ3n) is 1.82. The predicted octanol–water partition coefficient (Wildman–Crippen LogP) is 2.16. The van der Waals surface area contributed by atoms with E-state index in [1.165, 1.54) is 14.0 Å². The fraction of sp³-hybridized carbons (Fsp3) is 0.444. The topological polar surface area (TPSA) is 42.4 Å². The van der Waals surface area contributed by atoms with E-state index in [-0.39, 0.29) is 11.4 Å². The van der Waals surface area contributed by atoms with E-state index in [0.717, 1.165) is 6.07 Å². The molecule has 0 spiro atoms. The Morgan fingerprint density at radius 3 is 2.47 bits per heavy atom. The van der Waals surface area contributed by atoms with Gasteiger partial charge in [0.05, 0.1) is 18.8 Å². The number of halogens is 3. The molecular weight excluding hydrogens is 211 g/mol.